The Morgan fingerprint density at radius 1 is 1.22 bits per heavy atom. The first kappa shape index (κ1) is 22.7. The summed E-state index contributed by atoms with van der Waals surface area (Å²) < 4.78 is 1.74. The first-order valence-electron chi connectivity index (χ1n) is 8.21. The molecule has 0 saturated carbocycles. The molecule has 0 radical (unpaired) electrons. The lowest BCUT2D eigenvalue weighted by atomic mass is 10.0. The Kier molecular flexibility index (Phi) is 8.49. The molecule has 3 aromatic rings. The summed E-state index contributed by atoms with van der Waals surface area (Å²) >= 11 is 0. The second kappa shape index (κ2) is 10.1. The number of aryl methyl sites for hydroxylation is 1. The number of nitrogens with one attached hydrogen (secondary N) is 1. The van der Waals surface area contributed by atoms with E-state index in [-0.39, 0.29) is 36.6 Å². The first-order valence-corrected chi connectivity index (χ1v) is 8.21. The zero-order valence-corrected chi connectivity index (χ0v) is 16.8. The molecule has 0 amide bonds. The van der Waals surface area contributed by atoms with Crippen LogP contribution in [0.2, 0.25) is 0 Å². The summed E-state index contributed by atoms with van der Waals surface area (Å²) in [7, 11) is 1.87. The van der Waals surface area contributed by atoms with Crippen LogP contribution < -0.4 is 11.1 Å². The Morgan fingerprint density at radius 2 is 2.00 bits per heavy atom. The first-order chi connectivity index (χ1) is 12.1. The van der Waals surface area contributed by atoms with Gasteiger partial charge in [0.15, 0.2) is 5.82 Å². The van der Waals surface area contributed by atoms with Crippen molar-refractivity contribution >= 4 is 30.6 Å². The van der Waals surface area contributed by atoms with Gasteiger partial charge >= 0.3 is 0 Å². The zero-order chi connectivity index (χ0) is 17.8. The number of rotatable bonds is 6. The van der Waals surface area contributed by atoms with Crippen molar-refractivity contribution in [2.24, 2.45) is 12.8 Å². The van der Waals surface area contributed by atoms with Crippen LogP contribution in [0.25, 0.3) is 22.5 Å². The number of hydrogen-bond donors (Lipinski definition) is 3. The van der Waals surface area contributed by atoms with Gasteiger partial charge in [-0.25, -0.2) is 9.97 Å². The van der Waals surface area contributed by atoms with Gasteiger partial charge in [-0.1, -0.05) is 13.0 Å². The molecule has 0 aliphatic carbocycles. The average Bonchev–Trinajstić information content (AvgIpc) is 3.06. The van der Waals surface area contributed by atoms with Gasteiger partial charge in [-0.05, 0) is 30.2 Å². The highest BCUT2D eigenvalue weighted by Crippen LogP contribution is 2.31. The molecule has 0 fully saturated rings. The Bertz CT molecular complexity index is 871. The van der Waals surface area contributed by atoms with E-state index in [1.165, 1.54) is 0 Å². The van der Waals surface area contributed by atoms with Crippen molar-refractivity contribution in [2.45, 2.75) is 19.4 Å². The van der Waals surface area contributed by atoms with Gasteiger partial charge in [0.1, 0.15) is 11.6 Å². The summed E-state index contributed by atoms with van der Waals surface area (Å²) in [5.41, 5.74) is 8.41. The van der Waals surface area contributed by atoms with Gasteiger partial charge in [-0.2, -0.15) is 5.10 Å². The number of benzene rings is 1. The van der Waals surface area contributed by atoms with Crippen molar-refractivity contribution < 1.29 is 5.11 Å². The maximum Gasteiger partial charge on any atom is 0.165 e. The smallest absolute Gasteiger partial charge is 0.165 e. The Morgan fingerprint density at radius 3 is 2.67 bits per heavy atom. The highest BCUT2D eigenvalue weighted by molar-refractivity contribution is 5.85. The van der Waals surface area contributed by atoms with Crippen LogP contribution in [-0.2, 0) is 7.05 Å². The lowest BCUT2D eigenvalue weighted by Gasteiger charge is -2.12. The molecule has 0 aliphatic heterocycles. The van der Waals surface area contributed by atoms with Gasteiger partial charge < -0.3 is 16.2 Å². The zero-order valence-electron chi connectivity index (χ0n) is 15.2. The van der Waals surface area contributed by atoms with Crippen molar-refractivity contribution in [1.29, 1.82) is 0 Å². The fourth-order valence-corrected chi connectivity index (χ4v) is 2.43. The minimum Gasteiger partial charge on any atom is -0.507 e. The molecule has 2 heterocycles. The van der Waals surface area contributed by atoms with Gasteiger partial charge in [0.2, 0.25) is 0 Å². The van der Waals surface area contributed by atoms with Crippen molar-refractivity contribution in [1.82, 2.24) is 19.7 Å². The molecule has 0 unspecified atom stereocenters. The van der Waals surface area contributed by atoms with Crippen LogP contribution in [0.5, 0.6) is 5.75 Å². The SMILES string of the molecule is CC[C@@H](N)CNc1ccnc(-c2cc(-c3cnn(C)c3)ccc2O)n1.Cl.Cl. The molecule has 27 heavy (non-hydrogen) atoms. The molecule has 0 spiro atoms. The monoisotopic (exact) mass is 410 g/mol. The molecule has 0 aliphatic rings. The van der Waals surface area contributed by atoms with Crippen LogP contribution >= 0.6 is 24.8 Å². The second-order valence-electron chi connectivity index (χ2n) is 5.95. The molecular formula is C18H24Cl2N6O. The lowest BCUT2D eigenvalue weighted by molar-refractivity contribution is 0.477. The fraction of sp³-hybridized carbons (Fsp3) is 0.278. The predicted octanol–water partition coefficient (Wildman–Crippen LogP) is 3.24. The molecule has 9 heteroatoms. The molecular weight excluding hydrogens is 387 g/mol. The summed E-state index contributed by atoms with van der Waals surface area (Å²) in [6, 6.07) is 7.21. The summed E-state index contributed by atoms with van der Waals surface area (Å²) in [6.45, 7) is 2.67. The van der Waals surface area contributed by atoms with Crippen molar-refractivity contribution in [2.75, 3.05) is 11.9 Å². The lowest BCUT2D eigenvalue weighted by Crippen LogP contribution is -2.28. The van der Waals surface area contributed by atoms with E-state index in [9.17, 15) is 5.11 Å². The number of halogens is 2. The van der Waals surface area contributed by atoms with Gasteiger partial charge in [-0.15, -0.1) is 24.8 Å². The summed E-state index contributed by atoms with van der Waals surface area (Å²) in [5.74, 6) is 1.27. The van der Waals surface area contributed by atoms with Gasteiger partial charge in [-0.3, -0.25) is 4.68 Å². The molecule has 7 nitrogen and oxygen atoms in total. The van der Waals surface area contributed by atoms with Crippen LogP contribution in [0.4, 0.5) is 5.82 Å². The number of aromatic nitrogens is 4. The van der Waals surface area contributed by atoms with Crippen LogP contribution in [-0.4, -0.2) is 37.4 Å². The van der Waals surface area contributed by atoms with Gasteiger partial charge in [0, 0.05) is 37.6 Å². The maximum absolute atomic E-state index is 10.2. The van der Waals surface area contributed by atoms with Gasteiger partial charge in [0.25, 0.3) is 0 Å². The van der Waals surface area contributed by atoms with Crippen LogP contribution in [0.15, 0.2) is 42.9 Å². The van der Waals surface area contributed by atoms with Crippen LogP contribution in [0.1, 0.15) is 13.3 Å². The van der Waals surface area contributed by atoms with Gasteiger partial charge in [0.05, 0.1) is 11.8 Å². The fourth-order valence-electron chi connectivity index (χ4n) is 2.43. The summed E-state index contributed by atoms with van der Waals surface area (Å²) in [5, 5.41) is 17.6. The van der Waals surface area contributed by atoms with E-state index in [1.807, 2.05) is 32.3 Å². The van der Waals surface area contributed by atoms with E-state index in [1.54, 1.807) is 29.2 Å². The molecule has 0 bridgehead atoms. The molecule has 146 valence electrons. The Balaban J connectivity index is 0.00000182. The normalized spacial score (nSPS) is 11.2. The molecule has 0 saturated heterocycles. The largest absolute Gasteiger partial charge is 0.507 e. The van der Waals surface area contributed by atoms with E-state index in [0.717, 1.165) is 17.5 Å². The number of aromatic hydroxyl groups is 1. The standard InChI is InChI=1S/C18H22N6O.2ClH/c1-3-14(19)10-21-17-6-7-20-18(23-17)15-8-12(4-5-16(15)25)13-9-22-24(2)11-13;;/h4-9,11,14,25H,3,10,19H2,1-2H3,(H,20,21,23);2*1H/t14-;;/m1../s1. The van der Waals surface area contributed by atoms with E-state index in [0.29, 0.717) is 23.8 Å². The van der Waals surface area contributed by atoms with Crippen molar-refractivity contribution in [3.8, 4) is 28.3 Å². The molecule has 1 atom stereocenters. The van der Waals surface area contributed by atoms with Crippen molar-refractivity contribution in [3.63, 3.8) is 0 Å². The number of nitrogens with zero attached hydrogens (tertiary/aromatic N) is 4. The Labute approximate surface area is 170 Å². The third-order valence-electron chi connectivity index (χ3n) is 4.00. The maximum atomic E-state index is 10.2. The third-order valence-corrected chi connectivity index (χ3v) is 4.00. The van der Waals surface area contributed by atoms with Crippen LogP contribution in [0.3, 0.4) is 0 Å². The van der Waals surface area contributed by atoms with Crippen molar-refractivity contribution in [3.05, 3.63) is 42.9 Å². The topological polar surface area (TPSA) is 102 Å². The third kappa shape index (κ3) is 5.56. The summed E-state index contributed by atoms with van der Waals surface area (Å²) in [6.07, 6.45) is 6.25. The minimum atomic E-state index is 0. The number of hydrogen-bond acceptors (Lipinski definition) is 6. The predicted molar refractivity (Wildman–Crippen MR) is 113 cm³/mol. The minimum absolute atomic E-state index is 0. The summed E-state index contributed by atoms with van der Waals surface area (Å²) in [4.78, 5) is 8.79. The van der Waals surface area contributed by atoms with E-state index in [4.69, 9.17) is 5.73 Å². The second-order valence-corrected chi connectivity index (χ2v) is 5.95. The number of nitrogens with two attached hydrogens (primary N) is 1. The van der Waals surface area contributed by atoms with E-state index < -0.39 is 0 Å². The number of phenols is 1. The number of anilines is 1. The van der Waals surface area contributed by atoms with Crippen LogP contribution in [0, 0.1) is 0 Å². The molecule has 2 aromatic heterocycles. The van der Waals surface area contributed by atoms with E-state index >= 15 is 0 Å². The highest BCUT2D eigenvalue weighted by Gasteiger charge is 2.11. The molecule has 3 rings (SSSR count). The molecule has 4 N–H and O–H groups in total. The van der Waals surface area contributed by atoms with E-state index in [2.05, 4.69) is 20.4 Å². The number of phenolic OH excluding ortho intramolecular Hbond substituents is 1. The molecule has 1 aromatic carbocycles. The quantitative estimate of drug-likeness (QED) is 0.576. The highest BCUT2D eigenvalue weighted by atomic mass is 35.5. The Hall–Kier alpha value is -2.35. The average molecular weight is 411 g/mol.